The molecule has 3 aromatic rings. The van der Waals surface area contributed by atoms with Crippen LogP contribution in [-0.4, -0.2) is 32.3 Å². The molecular weight excluding hydrogens is 434 g/mol. The molecule has 2 aromatic carbocycles. The maximum absolute atomic E-state index is 12.2. The number of carbonyl (C=O) groups is 2. The van der Waals surface area contributed by atoms with Crippen LogP contribution in [0, 0.1) is 6.92 Å². The van der Waals surface area contributed by atoms with Crippen LogP contribution in [0.1, 0.15) is 17.0 Å². The number of nitrogens with zero attached hydrogens (tertiary/aromatic N) is 3. The topological polar surface area (TPSA) is 88.9 Å². The average molecular weight is 456 g/mol. The lowest BCUT2D eigenvalue weighted by Gasteiger charge is -2.08. The third-order valence-corrected chi connectivity index (χ3v) is 5.78. The van der Waals surface area contributed by atoms with Gasteiger partial charge in [-0.05, 0) is 36.3 Å². The SMILES string of the molecule is Cc1ccccc1NC(=O)CSc1nnc(CNC(=O)/C=C/c2ccccc2Cl)n1C. The van der Waals surface area contributed by atoms with Crippen molar-refractivity contribution in [3.8, 4) is 0 Å². The van der Waals surface area contributed by atoms with Gasteiger partial charge in [-0.2, -0.15) is 0 Å². The molecule has 2 amide bonds. The van der Waals surface area contributed by atoms with Gasteiger partial charge in [0, 0.05) is 23.8 Å². The minimum absolute atomic E-state index is 0.123. The largest absolute Gasteiger partial charge is 0.345 e. The maximum atomic E-state index is 12.2. The minimum atomic E-state index is -0.269. The molecule has 3 rings (SSSR count). The molecule has 9 heteroatoms. The summed E-state index contributed by atoms with van der Waals surface area (Å²) in [6.45, 7) is 2.15. The van der Waals surface area contributed by atoms with E-state index in [0.717, 1.165) is 16.8 Å². The number of rotatable bonds is 8. The van der Waals surface area contributed by atoms with Crippen molar-refractivity contribution < 1.29 is 9.59 Å². The molecule has 0 atom stereocenters. The molecule has 0 aliphatic rings. The summed E-state index contributed by atoms with van der Waals surface area (Å²) in [5, 5.41) is 15.0. The van der Waals surface area contributed by atoms with E-state index in [9.17, 15) is 9.59 Å². The minimum Gasteiger partial charge on any atom is -0.345 e. The molecule has 7 nitrogen and oxygen atoms in total. The molecule has 0 saturated heterocycles. The molecule has 0 bridgehead atoms. The summed E-state index contributed by atoms with van der Waals surface area (Å²) in [7, 11) is 1.79. The van der Waals surface area contributed by atoms with Crippen LogP contribution in [0.2, 0.25) is 5.02 Å². The Morgan fingerprint density at radius 1 is 1.13 bits per heavy atom. The first-order valence-electron chi connectivity index (χ1n) is 9.51. The number of halogens is 1. The number of thioether (sulfide) groups is 1. The first-order valence-corrected chi connectivity index (χ1v) is 10.9. The Bertz CT molecular complexity index is 1110. The van der Waals surface area contributed by atoms with Crippen molar-refractivity contribution >= 4 is 46.9 Å². The van der Waals surface area contributed by atoms with Crippen LogP contribution in [0.25, 0.3) is 6.08 Å². The van der Waals surface area contributed by atoms with Gasteiger partial charge in [0.2, 0.25) is 11.8 Å². The number of amides is 2. The highest BCUT2D eigenvalue weighted by Crippen LogP contribution is 2.18. The highest BCUT2D eigenvalue weighted by atomic mass is 35.5. The van der Waals surface area contributed by atoms with Gasteiger partial charge in [-0.15, -0.1) is 10.2 Å². The van der Waals surface area contributed by atoms with Crippen molar-refractivity contribution in [1.29, 1.82) is 0 Å². The number of nitrogens with one attached hydrogen (secondary N) is 2. The zero-order chi connectivity index (χ0) is 22.2. The van der Waals surface area contributed by atoms with Crippen LogP contribution in [0.4, 0.5) is 5.69 Å². The predicted molar refractivity (Wildman–Crippen MR) is 124 cm³/mol. The molecule has 0 unspecified atom stereocenters. The molecule has 0 fully saturated rings. The van der Waals surface area contributed by atoms with Crippen LogP contribution >= 0.6 is 23.4 Å². The average Bonchev–Trinajstić information content (AvgIpc) is 3.11. The van der Waals surface area contributed by atoms with Gasteiger partial charge in [0.05, 0.1) is 12.3 Å². The highest BCUT2D eigenvalue weighted by Gasteiger charge is 2.12. The van der Waals surface area contributed by atoms with E-state index in [1.165, 1.54) is 17.8 Å². The van der Waals surface area contributed by atoms with Crippen LogP contribution in [0.15, 0.2) is 59.8 Å². The van der Waals surface area contributed by atoms with E-state index < -0.39 is 0 Å². The maximum Gasteiger partial charge on any atom is 0.244 e. The lowest BCUT2D eigenvalue weighted by Crippen LogP contribution is -2.22. The van der Waals surface area contributed by atoms with E-state index in [0.29, 0.717) is 16.0 Å². The number of hydrogen-bond acceptors (Lipinski definition) is 5. The van der Waals surface area contributed by atoms with Crippen LogP contribution < -0.4 is 10.6 Å². The van der Waals surface area contributed by atoms with Gasteiger partial charge in [0.1, 0.15) is 0 Å². The lowest BCUT2D eigenvalue weighted by molar-refractivity contribution is -0.116. The van der Waals surface area contributed by atoms with Gasteiger partial charge >= 0.3 is 0 Å². The zero-order valence-electron chi connectivity index (χ0n) is 17.1. The monoisotopic (exact) mass is 455 g/mol. The molecule has 0 aliphatic heterocycles. The van der Waals surface area contributed by atoms with Gasteiger partial charge in [0.25, 0.3) is 0 Å². The lowest BCUT2D eigenvalue weighted by atomic mass is 10.2. The summed E-state index contributed by atoms with van der Waals surface area (Å²) in [6, 6.07) is 14.9. The number of anilines is 1. The Hall–Kier alpha value is -3.10. The normalized spacial score (nSPS) is 10.9. The molecule has 0 saturated carbocycles. The fourth-order valence-electron chi connectivity index (χ4n) is 2.66. The number of hydrogen-bond donors (Lipinski definition) is 2. The van der Waals surface area contributed by atoms with Crippen molar-refractivity contribution in [3.05, 3.63) is 76.6 Å². The van der Waals surface area contributed by atoms with Crippen LogP contribution in [-0.2, 0) is 23.2 Å². The number of aryl methyl sites for hydroxylation is 1. The molecule has 0 radical (unpaired) electrons. The summed E-state index contributed by atoms with van der Waals surface area (Å²) in [5.41, 5.74) is 2.56. The van der Waals surface area contributed by atoms with Crippen molar-refractivity contribution in [1.82, 2.24) is 20.1 Å². The first kappa shape index (κ1) is 22.6. The van der Waals surface area contributed by atoms with Gasteiger partial charge in [0.15, 0.2) is 11.0 Å². The smallest absolute Gasteiger partial charge is 0.244 e. The standard InChI is InChI=1S/C22H22ClN5O2S/c1-15-7-3-6-10-18(15)25-21(30)14-31-22-27-26-19(28(22)2)13-24-20(29)12-11-16-8-4-5-9-17(16)23/h3-12H,13-14H2,1-2H3,(H,24,29)(H,25,30)/b12-11+. The van der Waals surface area contributed by atoms with Gasteiger partial charge < -0.3 is 15.2 Å². The van der Waals surface area contributed by atoms with Gasteiger partial charge in [-0.1, -0.05) is 59.8 Å². The fraction of sp³-hybridized carbons (Fsp3) is 0.182. The number of para-hydroxylation sites is 1. The second-order valence-electron chi connectivity index (χ2n) is 6.68. The Balaban J connectivity index is 1.49. The molecule has 160 valence electrons. The second kappa shape index (κ2) is 10.8. The van der Waals surface area contributed by atoms with E-state index in [2.05, 4.69) is 20.8 Å². The number of benzene rings is 2. The highest BCUT2D eigenvalue weighted by molar-refractivity contribution is 7.99. The quantitative estimate of drug-likeness (QED) is 0.398. The van der Waals surface area contributed by atoms with E-state index in [1.54, 1.807) is 23.8 Å². The third-order valence-electron chi connectivity index (χ3n) is 4.42. The van der Waals surface area contributed by atoms with Crippen LogP contribution in [0.5, 0.6) is 0 Å². The Labute approximate surface area is 189 Å². The molecule has 1 aromatic heterocycles. The van der Waals surface area contributed by atoms with E-state index >= 15 is 0 Å². The predicted octanol–water partition coefficient (Wildman–Crippen LogP) is 3.84. The summed E-state index contributed by atoms with van der Waals surface area (Å²) in [5.74, 6) is 0.394. The molecule has 0 aliphatic carbocycles. The van der Waals surface area contributed by atoms with Crippen molar-refractivity contribution in [2.75, 3.05) is 11.1 Å². The Kier molecular flexibility index (Phi) is 7.86. The van der Waals surface area contributed by atoms with E-state index in [-0.39, 0.29) is 24.1 Å². The van der Waals surface area contributed by atoms with E-state index in [1.807, 2.05) is 49.4 Å². The fourth-order valence-corrected chi connectivity index (χ4v) is 3.58. The molecule has 0 spiro atoms. The molecular formula is C22H22ClN5O2S. The van der Waals surface area contributed by atoms with Gasteiger partial charge in [-0.3, -0.25) is 9.59 Å². The number of aromatic nitrogens is 3. The van der Waals surface area contributed by atoms with Crippen LogP contribution in [0.3, 0.4) is 0 Å². The molecule has 2 N–H and O–H groups in total. The number of carbonyl (C=O) groups excluding carboxylic acids is 2. The summed E-state index contributed by atoms with van der Waals surface area (Å²) in [4.78, 5) is 24.3. The third kappa shape index (κ3) is 6.44. The van der Waals surface area contributed by atoms with Crippen molar-refractivity contribution in [3.63, 3.8) is 0 Å². The Morgan fingerprint density at radius 2 is 1.87 bits per heavy atom. The molecule has 1 heterocycles. The van der Waals surface area contributed by atoms with Gasteiger partial charge in [-0.25, -0.2) is 0 Å². The van der Waals surface area contributed by atoms with Crippen molar-refractivity contribution in [2.24, 2.45) is 7.05 Å². The summed E-state index contributed by atoms with van der Waals surface area (Å²) >= 11 is 7.35. The first-order chi connectivity index (χ1) is 14.9. The Morgan fingerprint density at radius 3 is 2.65 bits per heavy atom. The summed E-state index contributed by atoms with van der Waals surface area (Å²) < 4.78 is 1.75. The van der Waals surface area contributed by atoms with Crippen molar-refractivity contribution in [2.45, 2.75) is 18.6 Å². The summed E-state index contributed by atoms with van der Waals surface area (Å²) in [6.07, 6.45) is 3.08. The second-order valence-corrected chi connectivity index (χ2v) is 8.03. The molecule has 31 heavy (non-hydrogen) atoms. The zero-order valence-corrected chi connectivity index (χ0v) is 18.7. The van der Waals surface area contributed by atoms with E-state index in [4.69, 9.17) is 11.6 Å².